The molecule has 0 fully saturated rings. The van der Waals surface area contributed by atoms with Crippen LogP contribution in [0.2, 0.25) is 0 Å². The van der Waals surface area contributed by atoms with Crippen LogP contribution in [0.3, 0.4) is 0 Å². The number of benzene rings is 10. The van der Waals surface area contributed by atoms with Gasteiger partial charge in [-0.3, -0.25) is 4.57 Å². The number of aromatic nitrogens is 7. The van der Waals surface area contributed by atoms with Crippen LogP contribution in [0.5, 0.6) is 11.5 Å². The van der Waals surface area contributed by atoms with Crippen LogP contribution >= 0.6 is 0 Å². The van der Waals surface area contributed by atoms with Crippen molar-refractivity contribution in [3.8, 4) is 40.1 Å². The molecular formula is C71H51N7O. The van der Waals surface area contributed by atoms with E-state index >= 15 is 0 Å². The Labute approximate surface area is 459 Å². The zero-order valence-electron chi connectivity index (χ0n) is 46.6. The van der Waals surface area contributed by atoms with Crippen LogP contribution in [0, 0.1) is 6.33 Å². The highest BCUT2D eigenvalue weighted by molar-refractivity contribution is 6.14. The quantitative estimate of drug-likeness (QED) is 0.118. The number of aryl methyl sites for hydroxylation is 1. The Morgan fingerprint density at radius 2 is 0.873 bits per heavy atom. The minimum absolute atomic E-state index is 0.0634. The molecule has 0 radical (unpaired) electrons. The summed E-state index contributed by atoms with van der Waals surface area (Å²) < 4.78 is 46.6. The maximum atomic E-state index is 9.17. The van der Waals surface area contributed by atoms with Gasteiger partial charge in [0, 0.05) is 72.4 Å². The van der Waals surface area contributed by atoms with Crippen molar-refractivity contribution in [2.75, 3.05) is 0 Å². The third-order valence-corrected chi connectivity index (χ3v) is 16.1. The molecule has 0 aliphatic heterocycles. The normalized spacial score (nSPS) is 13.0. The summed E-state index contributed by atoms with van der Waals surface area (Å²) in [5, 5.41) is 8.97. The second kappa shape index (κ2) is 16.9. The molecule has 79 heavy (non-hydrogen) atoms. The fourth-order valence-electron chi connectivity index (χ4n) is 12.5. The molecule has 0 aliphatic carbocycles. The minimum Gasteiger partial charge on any atom is -0.458 e. The van der Waals surface area contributed by atoms with Gasteiger partial charge in [-0.2, -0.15) is 0 Å². The Bertz CT molecular complexity index is 5040. The SMILES string of the molecule is [2H]C([2H])([2H])[n+]1[c-]n(-c2cccc(Oc3ccc4c5ccccc5n(-c5cc(C(C)(C)C)ccn5)c4c3)c2)c2cccc(-n3c4cc(-n5c6ccccc6c6ccccc65)ccc4c4ccc(-n5c6ccccc6c6ccccc65)cc43)c21. The molecule has 0 aliphatic rings. The standard InChI is InChI=1S/C71H51N7O/c1-71(2,3)45-37-38-72-69(39-45)78-63-28-14-9-23-55(63)58-36-33-50(43-68(58)78)79-49-18-15-17-46(40-49)74-44-73(4)70-64(74)29-16-30-65(70)77-66-41-47(75-59-24-10-5-19-51(59)52-20-6-11-25-60(52)75)31-34-56(66)57-35-32-48(42-67(57)77)76-61-26-12-7-21-53(61)54-22-8-13-27-62(54)76/h5-43H,1-4H3/i4D3. The molecule has 0 saturated carbocycles. The van der Waals surface area contributed by atoms with E-state index in [-0.39, 0.29) is 5.41 Å². The van der Waals surface area contributed by atoms with E-state index in [1.165, 1.54) is 31.7 Å². The summed E-state index contributed by atoms with van der Waals surface area (Å²) in [5.41, 5.74) is 13.9. The largest absolute Gasteiger partial charge is 0.458 e. The molecule has 10 aromatic carbocycles. The van der Waals surface area contributed by atoms with Crippen molar-refractivity contribution in [2.24, 2.45) is 6.98 Å². The van der Waals surface area contributed by atoms with Crippen LogP contribution in [-0.4, -0.2) is 27.8 Å². The lowest BCUT2D eigenvalue weighted by Crippen LogP contribution is -2.27. The van der Waals surface area contributed by atoms with E-state index < -0.39 is 6.98 Å². The van der Waals surface area contributed by atoms with E-state index in [0.717, 1.165) is 82.9 Å². The molecule has 0 amide bonds. The number of ether oxygens (including phenoxy) is 1. The highest BCUT2D eigenvalue weighted by Crippen LogP contribution is 2.42. The highest BCUT2D eigenvalue weighted by Gasteiger charge is 2.23. The number of hydrogen-bond donors (Lipinski definition) is 0. The van der Waals surface area contributed by atoms with Gasteiger partial charge in [-0.1, -0.05) is 148 Å². The Kier molecular flexibility index (Phi) is 8.99. The average molecular weight is 1020 g/mol. The van der Waals surface area contributed by atoms with Gasteiger partial charge in [0.25, 0.3) is 0 Å². The molecule has 0 atom stereocenters. The number of para-hydroxylation sites is 6. The van der Waals surface area contributed by atoms with Crippen molar-refractivity contribution in [3.05, 3.63) is 249 Å². The summed E-state index contributed by atoms with van der Waals surface area (Å²) in [7, 11) is 0. The third kappa shape index (κ3) is 6.80. The Balaban J connectivity index is 0.889. The van der Waals surface area contributed by atoms with E-state index in [0.29, 0.717) is 33.9 Å². The monoisotopic (exact) mass is 1020 g/mol. The first kappa shape index (κ1) is 42.0. The van der Waals surface area contributed by atoms with E-state index in [1.807, 2.05) is 59.3 Å². The molecule has 0 bridgehead atoms. The summed E-state index contributed by atoms with van der Waals surface area (Å²) in [6.45, 7) is 4.02. The van der Waals surface area contributed by atoms with Crippen molar-refractivity contribution in [1.82, 2.24) is 27.8 Å². The van der Waals surface area contributed by atoms with E-state index in [2.05, 4.69) is 227 Å². The predicted molar refractivity (Wildman–Crippen MR) is 324 cm³/mol. The van der Waals surface area contributed by atoms with E-state index in [1.54, 1.807) is 0 Å². The molecule has 16 rings (SSSR count). The maximum absolute atomic E-state index is 9.17. The third-order valence-electron chi connectivity index (χ3n) is 16.1. The predicted octanol–water partition coefficient (Wildman–Crippen LogP) is 17.1. The maximum Gasteiger partial charge on any atom is 0.244 e. The number of hydrogen-bond acceptors (Lipinski definition) is 2. The van der Waals surface area contributed by atoms with Crippen molar-refractivity contribution in [3.63, 3.8) is 0 Å². The van der Waals surface area contributed by atoms with E-state index in [9.17, 15) is 0 Å². The minimum atomic E-state index is -2.62. The van der Waals surface area contributed by atoms with Crippen molar-refractivity contribution in [1.29, 1.82) is 0 Å². The summed E-state index contributed by atoms with van der Waals surface area (Å²) in [6.07, 6.45) is 5.24. The highest BCUT2D eigenvalue weighted by atomic mass is 16.5. The second-order valence-corrected chi connectivity index (χ2v) is 21.7. The Morgan fingerprint density at radius 3 is 1.42 bits per heavy atom. The average Bonchev–Trinajstić information content (AvgIpc) is 4.49. The molecule has 6 heterocycles. The Morgan fingerprint density at radius 1 is 0.405 bits per heavy atom. The summed E-state index contributed by atoms with van der Waals surface area (Å²) in [4.78, 5) is 4.89. The zero-order valence-corrected chi connectivity index (χ0v) is 43.6. The fourth-order valence-corrected chi connectivity index (χ4v) is 12.5. The molecule has 16 aromatic rings. The van der Waals surface area contributed by atoms with Crippen LogP contribution in [0.1, 0.15) is 30.4 Å². The molecule has 8 nitrogen and oxygen atoms in total. The van der Waals surface area contributed by atoms with Gasteiger partial charge in [0.05, 0.1) is 71.9 Å². The number of pyridine rings is 1. The van der Waals surface area contributed by atoms with Crippen molar-refractivity contribution < 1.29 is 13.4 Å². The Hall–Kier alpha value is -10.2. The van der Waals surface area contributed by atoms with Crippen LogP contribution in [0.4, 0.5) is 0 Å². The molecular weight excluding hydrogens is 967 g/mol. The number of rotatable bonds is 7. The van der Waals surface area contributed by atoms with Crippen LogP contribution in [0.15, 0.2) is 237 Å². The molecule has 0 N–H and O–H groups in total. The van der Waals surface area contributed by atoms with Gasteiger partial charge < -0.3 is 27.6 Å². The van der Waals surface area contributed by atoms with Gasteiger partial charge in [0.1, 0.15) is 17.3 Å². The van der Waals surface area contributed by atoms with Crippen molar-refractivity contribution >= 4 is 98.3 Å². The molecule has 0 saturated heterocycles. The van der Waals surface area contributed by atoms with Gasteiger partial charge in [-0.05, 0) is 108 Å². The number of nitrogens with zero attached hydrogens (tertiary/aromatic N) is 7. The van der Waals surface area contributed by atoms with Gasteiger partial charge in [0.15, 0.2) is 0 Å². The number of fused-ring (bicyclic) bond motifs is 13. The summed E-state index contributed by atoms with van der Waals surface area (Å²) in [6, 6.07) is 80.2. The molecule has 376 valence electrons. The first-order chi connectivity index (χ1) is 39.9. The van der Waals surface area contributed by atoms with Gasteiger partial charge in [-0.25, -0.2) is 4.98 Å². The van der Waals surface area contributed by atoms with Crippen molar-refractivity contribution in [2.45, 2.75) is 26.2 Å². The van der Waals surface area contributed by atoms with Gasteiger partial charge in [-0.15, -0.1) is 0 Å². The molecule has 6 aromatic heterocycles. The van der Waals surface area contributed by atoms with Crippen LogP contribution in [0.25, 0.3) is 127 Å². The molecule has 0 spiro atoms. The fraction of sp³-hybridized carbons (Fsp3) is 0.0704. The first-order valence-corrected chi connectivity index (χ1v) is 26.8. The summed E-state index contributed by atoms with van der Waals surface area (Å²) >= 11 is 0. The zero-order chi connectivity index (χ0) is 55.2. The number of imidazole rings is 1. The van der Waals surface area contributed by atoms with Gasteiger partial charge >= 0.3 is 0 Å². The molecule has 8 heteroatoms. The first-order valence-electron chi connectivity index (χ1n) is 28.3. The second-order valence-electron chi connectivity index (χ2n) is 21.7. The molecule has 0 unspecified atom stereocenters. The van der Waals surface area contributed by atoms with Gasteiger partial charge in [0.2, 0.25) is 6.33 Å². The van der Waals surface area contributed by atoms with Crippen LogP contribution < -0.4 is 9.30 Å². The van der Waals surface area contributed by atoms with Crippen LogP contribution in [-0.2, 0) is 12.4 Å². The van der Waals surface area contributed by atoms with E-state index in [4.69, 9.17) is 13.8 Å². The lowest BCUT2D eigenvalue weighted by molar-refractivity contribution is -0.649. The topological polar surface area (TPSA) is 50.6 Å². The summed E-state index contributed by atoms with van der Waals surface area (Å²) in [5.74, 6) is 2.06. The lowest BCUT2D eigenvalue weighted by Gasteiger charge is -2.20. The lowest BCUT2D eigenvalue weighted by atomic mass is 9.88. The smallest absolute Gasteiger partial charge is 0.244 e.